The molecule has 0 amide bonds. The highest BCUT2D eigenvalue weighted by atomic mass is 16.4. The van der Waals surface area contributed by atoms with Gasteiger partial charge >= 0.3 is 5.97 Å². The molecule has 1 aliphatic rings. The van der Waals surface area contributed by atoms with Gasteiger partial charge in [-0.3, -0.25) is 9.69 Å². The summed E-state index contributed by atoms with van der Waals surface area (Å²) in [5.41, 5.74) is -0.713. The molecule has 1 atom stereocenters. The Kier molecular flexibility index (Phi) is 3.41. The molecule has 88 valence electrons. The topological polar surface area (TPSA) is 52.6 Å². The molecule has 2 N–H and O–H groups in total. The number of hydrogen-bond acceptors (Lipinski definition) is 3. The van der Waals surface area contributed by atoms with E-state index in [1.165, 1.54) is 0 Å². The maximum Gasteiger partial charge on any atom is 0.324 e. The van der Waals surface area contributed by atoms with Gasteiger partial charge in [-0.05, 0) is 47.2 Å². The smallest absolute Gasteiger partial charge is 0.324 e. The van der Waals surface area contributed by atoms with Crippen molar-refractivity contribution in [2.75, 3.05) is 20.1 Å². The van der Waals surface area contributed by atoms with Crippen molar-refractivity contribution in [3.05, 3.63) is 0 Å². The third-order valence-corrected chi connectivity index (χ3v) is 3.60. The third-order valence-electron chi connectivity index (χ3n) is 3.60. The summed E-state index contributed by atoms with van der Waals surface area (Å²) in [6.07, 6.45) is 2.30. The fourth-order valence-corrected chi connectivity index (χ4v) is 2.09. The van der Waals surface area contributed by atoms with Gasteiger partial charge in [-0.15, -0.1) is 0 Å². The summed E-state index contributed by atoms with van der Waals surface area (Å²) < 4.78 is 0. The standard InChI is InChI=1S/C11H22N2O2/c1-10(2)6-5-7-13(10)8-11(3,12-4)9(14)15/h12H,5-8H2,1-4H3,(H,14,15). The van der Waals surface area contributed by atoms with E-state index in [4.69, 9.17) is 0 Å². The molecule has 0 saturated carbocycles. The summed E-state index contributed by atoms with van der Waals surface area (Å²) in [4.78, 5) is 13.4. The number of aliphatic carboxylic acids is 1. The predicted octanol–water partition coefficient (Wildman–Crippen LogP) is 0.923. The Bertz CT molecular complexity index is 253. The molecule has 15 heavy (non-hydrogen) atoms. The molecule has 0 aromatic rings. The molecule has 1 unspecified atom stereocenters. The maximum absolute atomic E-state index is 11.2. The van der Waals surface area contributed by atoms with E-state index in [1.807, 2.05) is 0 Å². The molecule has 1 aliphatic heterocycles. The van der Waals surface area contributed by atoms with Crippen molar-refractivity contribution in [1.29, 1.82) is 0 Å². The van der Waals surface area contributed by atoms with E-state index in [2.05, 4.69) is 24.1 Å². The van der Waals surface area contributed by atoms with Gasteiger partial charge in [-0.1, -0.05) is 0 Å². The molecular formula is C11H22N2O2. The van der Waals surface area contributed by atoms with Crippen LogP contribution in [0.3, 0.4) is 0 Å². The van der Waals surface area contributed by atoms with Crippen molar-refractivity contribution >= 4 is 5.97 Å². The van der Waals surface area contributed by atoms with Gasteiger partial charge < -0.3 is 10.4 Å². The van der Waals surface area contributed by atoms with Gasteiger partial charge in [0.2, 0.25) is 0 Å². The Balaban J connectivity index is 2.71. The van der Waals surface area contributed by atoms with Crippen LogP contribution < -0.4 is 5.32 Å². The van der Waals surface area contributed by atoms with E-state index >= 15 is 0 Å². The van der Waals surface area contributed by atoms with Gasteiger partial charge in [-0.2, -0.15) is 0 Å². The molecule has 1 fully saturated rings. The van der Waals surface area contributed by atoms with Gasteiger partial charge in [0.1, 0.15) is 5.54 Å². The highest BCUT2D eigenvalue weighted by molar-refractivity contribution is 5.78. The van der Waals surface area contributed by atoms with Crippen molar-refractivity contribution in [3.8, 4) is 0 Å². The van der Waals surface area contributed by atoms with E-state index in [0.29, 0.717) is 6.54 Å². The number of carbonyl (C=O) groups is 1. The number of nitrogens with zero attached hydrogens (tertiary/aromatic N) is 1. The molecular weight excluding hydrogens is 192 g/mol. The van der Waals surface area contributed by atoms with Gasteiger partial charge in [0, 0.05) is 12.1 Å². The minimum Gasteiger partial charge on any atom is -0.480 e. The number of carboxylic acids is 1. The van der Waals surface area contributed by atoms with Crippen molar-refractivity contribution < 1.29 is 9.90 Å². The molecule has 1 rings (SSSR count). The summed E-state index contributed by atoms with van der Waals surface area (Å²) in [6.45, 7) is 7.66. The SMILES string of the molecule is CNC(C)(CN1CCCC1(C)C)C(=O)O. The molecule has 0 aromatic carbocycles. The van der Waals surface area contributed by atoms with E-state index in [9.17, 15) is 9.90 Å². The van der Waals surface area contributed by atoms with Gasteiger partial charge in [0.25, 0.3) is 0 Å². The molecule has 4 nitrogen and oxygen atoms in total. The molecule has 0 aromatic heterocycles. The third kappa shape index (κ3) is 2.49. The van der Waals surface area contributed by atoms with Crippen molar-refractivity contribution in [1.82, 2.24) is 10.2 Å². The summed E-state index contributed by atoms with van der Waals surface area (Å²) in [6, 6.07) is 0. The molecule has 1 heterocycles. The number of likely N-dealkylation sites (N-methyl/N-ethyl adjacent to an activating group) is 1. The molecule has 0 aliphatic carbocycles. The van der Waals surface area contributed by atoms with Gasteiger partial charge in [-0.25, -0.2) is 0 Å². The van der Waals surface area contributed by atoms with Crippen LogP contribution in [-0.4, -0.2) is 47.2 Å². The van der Waals surface area contributed by atoms with Gasteiger partial charge in [0.15, 0.2) is 0 Å². The second kappa shape index (κ2) is 4.10. The zero-order chi connectivity index (χ0) is 11.7. The highest BCUT2D eigenvalue weighted by Gasteiger charge is 2.40. The van der Waals surface area contributed by atoms with Crippen molar-refractivity contribution in [3.63, 3.8) is 0 Å². The minimum atomic E-state index is -0.846. The quantitative estimate of drug-likeness (QED) is 0.731. The Morgan fingerprint density at radius 1 is 1.60 bits per heavy atom. The average Bonchev–Trinajstić information content (AvgIpc) is 2.45. The first-order valence-corrected chi connectivity index (χ1v) is 5.49. The van der Waals surface area contributed by atoms with Crippen LogP contribution in [0.1, 0.15) is 33.6 Å². The summed E-state index contributed by atoms with van der Waals surface area (Å²) in [5, 5.41) is 12.1. The lowest BCUT2D eigenvalue weighted by Gasteiger charge is -2.37. The minimum absolute atomic E-state index is 0.132. The Hall–Kier alpha value is -0.610. The zero-order valence-corrected chi connectivity index (χ0v) is 10.1. The highest BCUT2D eigenvalue weighted by Crippen LogP contribution is 2.29. The second-order valence-electron chi connectivity index (χ2n) is 5.22. The second-order valence-corrected chi connectivity index (χ2v) is 5.22. The summed E-state index contributed by atoms with van der Waals surface area (Å²) in [7, 11) is 1.71. The molecule has 0 spiro atoms. The van der Waals surface area contributed by atoms with Crippen molar-refractivity contribution in [2.45, 2.75) is 44.7 Å². The number of hydrogen-bond donors (Lipinski definition) is 2. The van der Waals surface area contributed by atoms with Crippen LogP contribution in [0.25, 0.3) is 0 Å². The Labute approximate surface area is 91.6 Å². The van der Waals surface area contributed by atoms with Crippen molar-refractivity contribution in [2.24, 2.45) is 0 Å². The summed E-state index contributed by atoms with van der Waals surface area (Å²) >= 11 is 0. The number of rotatable bonds is 4. The fourth-order valence-electron chi connectivity index (χ4n) is 2.09. The molecule has 0 bridgehead atoms. The van der Waals surface area contributed by atoms with Crippen LogP contribution in [0.15, 0.2) is 0 Å². The van der Waals surface area contributed by atoms with E-state index < -0.39 is 11.5 Å². The lowest BCUT2D eigenvalue weighted by molar-refractivity contribution is -0.145. The average molecular weight is 214 g/mol. The Morgan fingerprint density at radius 3 is 2.53 bits per heavy atom. The largest absolute Gasteiger partial charge is 0.480 e. The van der Waals surface area contributed by atoms with Crippen LogP contribution in [0.4, 0.5) is 0 Å². The zero-order valence-electron chi connectivity index (χ0n) is 10.1. The summed E-state index contributed by atoms with van der Waals surface area (Å²) in [5.74, 6) is -0.785. The number of carboxylic acid groups (broad SMARTS) is 1. The monoisotopic (exact) mass is 214 g/mol. The maximum atomic E-state index is 11.2. The first kappa shape index (κ1) is 12.5. The fraction of sp³-hybridized carbons (Fsp3) is 0.909. The van der Waals surface area contributed by atoms with E-state index in [0.717, 1.165) is 19.4 Å². The molecule has 1 saturated heterocycles. The van der Waals surface area contributed by atoms with Crippen LogP contribution in [0, 0.1) is 0 Å². The number of likely N-dealkylation sites (tertiary alicyclic amines) is 1. The molecule has 4 heteroatoms. The van der Waals surface area contributed by atoms with Crippen LogP contribution in [0.2, 0.25) is 0 Å². The van der Waals surface area contributed by atoms with Gasteiger partial charge in [0.05, 0.1) is 0 Å². The predicted molar refractivity (Wildman–Crippen MR) is 60.0 cm³/mol. The molecule has 0 radical (unpaired) electrons. The first-order chi connectivity index (χ1) is 6.82. The lowest BCUT2D eigenvalue weighted by atomic mass is 9.97. The van der Waals surface area contributed by atoms with Crippen LogP contribution in [0.5, 0.6) is 0 Å². The van der Waals surface area contributed by atoms with Crippen LogP contribution in [-0.2, 0) is 4.79 Å². The first-order valence-electron chi connectivity index (χ1n) is 5.49. The van der Waals surface area contributed by atoms with E-state index in [-0.39, 0.29) is 5.54 Å². The van der Waals surface area contributed by atoms with Crippen LogP contribution >= 0.6 is 0 Å². The van der Waals surface area contributed by atoms with E-state index in [1.54, 1.807) is 14.0 Å². The normalized spacial score (nSPS) is 25.1. The number of nitrogens with one attached hydrogen (secondary N) is 1. The lowest BCUT2D eigenvalue weighted by Crippen LogP contribution is -2.58. The Morgan fingerprint density at radius 2 is 2.20 bits per heavy atom.